The van der Waals surface area contributed by atoms with Gasteiger partial charge in [-0.1, -0.05) is 17.4 Å². The summed E-state index contributed by atoms with van der Waals surface area (Å²) in [5, 5.41) is 5.50. The molecule has 23 heavy (non-hydrogen) atoms. The number of nitrogens with one attached hydrogen (secondary N) is 2. The van der Waals surface area contributed by atoms with Crippen molar-refractivity contribution in [2.45, 2.75) is 20.3 Å². The van der Waals surface area contributed by atoms with Gasteiger partial charge >= 0.3 is 0 Å². The molecule has 2 aromatic rings. The molecule has 0 aliphatic carbocycles. The summed E-state index contributed by atoms with van der Waals surface area (Å²) >= 11 is 1.10. The van der Waals surface area contributed by atoms with Gasteiger partial charge in [0.15, 0.2) is 10.9 Å². The number of nitrogens with zero attached hydrogens (tertiary/aromatic N) is 2. The van der Waals surface area contributed by atoms with Gasteiger partial charge in [-0.25, -0.2) is 4.98 Å². The lowest BCUT2D eigenvalue weighted by Gasteiger charge is -2.04. The number of rotatable bonds is 6. The molecule has 0 aromatic carbocycles. The third-order valence-electron chi connectivity index (χ3n) is 2.87. The molecule has 2 N–H and O–H groups in total. The molecule has 7 nitrogen and oxygen atoms in total. The Labute approximate surface area is 137 Å². The normalized spacial score (nSPS) is 10.2. The van der Waals surface area contributed by atoms with Crippen LogP contribution >= 0.6 is 11.3 Å². The number of anilines is 1. The predicted molar refractivity (Wildman–Crippen MR) is 86.4 cm³/mol. The van der Waals surface area contributed by atoms with Crippen molar-refractivity contribution in [3.05, 3.63) is 40.7 Å². The first-order chi connectivity index (χ1) is 11.0. The number of hydrogen-bond acceptors (Lipinski definition) is 6. The van der Waals surface area contributed by atoms with Crippen LogP contribution in [0.15, 0.2) is 24.5 Å². The topological polar surface area (TPSA) is 101 Å². The highest BCUT2D eigenvalue weighted by Gasteiger charge is 2.16. The van der Waals surface area contributed by atoms with Crippen LogP contribution in [-0.2, 0) is 16.0 Å². The minimum atomic E-state index is -0.254. The molecule has 0 unspecified atom stereocenters. The van der Waals surface area contributed by atoms with Crippen molar-refractivity contribution in [3.63, 3.8) is 0 Å². The van der Waals surface area contributed by atoms with Crippen LogP contribution in [-0.4, -0.2) is 34.1 Å². The first kappa shape index (κ1) is 16.8. The van der Waals surface area contributed by atoms with Crippen molar-refractivity contribution in [3.8, 4) is 0 Å². The highest BCUT2D eigenvalue weighted by molar-refractivity contribution is 7.17. The third-order valence-corrected chi connectivity index (χ3v) is 3.98. The number of hydrogen-bond donors (Lipinski definition) is 2. The summed E-state index contributed by atoms with van der Waals surface area (Å²) < 4.78 is 0. The number of aryl methyl sites for hydroxylation is 1. The van der Waals surface area contributed by atoms with Crippen molar-refractivity contribution >= 4 is 34.1 Å². The monoisotopic (exact) mass is 332 g/mol. The number of carbonyl (C=O) groups is 3. The van der Waals surface area contributed by atoms with Crippen molar-refractivity contribution in [2.24, 2.45) is 0 Å². The van der Waals surface area contributed by atoms with Crippen LogP contribution in [0, 0.1) is 6.92 Å². The van der Waals surface area contributed by atoms with E-state index in [1.165, 1.54) is 6.92 Å². The molecular formula is C15H16N4O3S. The van der Waals surface area contributed by atoms with Gasteiger partial charge in [-0.2, -0.15) is 0 Å². The fourth-order valence-electron chi connectivity index (χ4n) is 1.87. The van der Waals surface area contributed by atoms with Crippen molar-refractivity contribution in [2.75, 3.05) is 11.9 Å². The van der Waals surface area contributed by atoms with Gasteiger partial charge in [0.25, 0.3) is 0 Å². The Kier molecular flexibility index (Phi) is 5.53. The van der Waals surface area contributed by atoms with E-state index in [0.717, 1.165) is 16.9 Å². The molecule has 2 heterocycles. The average molecular weight is 332 g/mol. The molecule has 0 fully saturated rings. The maximum Gasteiger partial charge on any atom is 0.224 e. The second-order valence-electron chi connectivity index (χ2n) is 4.85. The summed E-state index contributed by atoms with van der Waals surface area (Å²) in [5.74, 6) is -0.741. The fraction of sp³-hybridized carbons (Fsp3) is 0.267. The molecule has 0 bridgehead atoms. The van der Waals surface area contributed by atoms with Gasteiger partial charge in [0.2, 0.25) is 11.8 Å². The largest absolute Gasteiger partial charge is 0.348 e. The minimum absolute atomic E-state index is 0.109. The number of aromatic nitrogens is 2. The molecule has 2 amide bonds. The molecule has 0 spiro atoms. The maximum atomic E-state index is 12.2. The van der Waals surface area contributed by atoms with Crippen molar-refractivity contribution in [1.82, 2.24) is 15.3 Å². The molecular weight excluding hydrogens is 316 g/mol. The van der Waals surface area contributed by atoms with E-state index in [1.807, 2.05) is 0 Å². The number of ketones is 1. The first-order valence-electron chi connectivity index (χ1n) is 6.89. The molecule has 0 saturated carbocycles. The highest BCUT2D eigenvalue weighted by atomic mass is 32.1. The molecule has 0 atom stereocenters. The SMILES string of the molecule is CC(=O)Nc1nc(C)c(C(=O)CNC(=O)Cc2cccnc2)s1. The molecule has 0 saturated heterocycles. The average Bonchev–Trinajstić information content (AvgIpc) is 2.85. The number of pyridine rings is 1. The van der Waals surface area contributed by atoms with E-state index < -0.39 is 0 Å². The van der Waals surface area contributed by atoms with Gasteiger partial charge < -0.3 is 10.6 Å². The van der Waals surface area contributed by atoms with Gasteiger partial charge in [-0.15, -0.1) is 0 Å². The zero-order valence-corrected chi connectivity index (χ0v) is 13.6. The Balaban J connectivity index is 1.90. The summed E-state index contributed by atoms with van der Waals surface area (Å²) in [6.07, 6.45) is 3.40. The summed E-state index contributed by atoms with van der Waals surface area (Å²) in [4.78, 5) is 43.4. The maximum absolute atomic E-state index is 12.2. The van der Waals surface area contributed by atoms with Gasteiger partial charge in [-0.3, -0.25) is 19.4 Å². The number of amides is 2. The zero-order valence-electron chi connectivity index (χ0n) is 12.8. The molecule has 2 aromatic heterocycles. The lowest BCUT2D eigenvalue weighted by atomic mass is 10.2. The van der Waals surface area contributed by atoms with Crippen LogP contribution in [0.4, 0.5) is 5.13 Å². The molecule has 0 aliphatic heterocycles. The van der Waals surface area contributed by atoms with E-state index in [2.05, 4.69) is 20.6 Å². The summed E-state index contributed by atoms with van der Waals surface area (Å²) in [6.45, 7) is 2.95. The van der Waals surface area contributed by atoms with Gasteiger partial charge in [-0.05, 0) is 18.6 Å². The predicted octanol–water partition coefficient (Wildman–Crippen LogP) is 1.35. The van der Waals surface area contributed by atoms with Crippen molar-refractivity contribution in [1.29, 1.82) is 0 Å². The second-order valence-corrected chi connectivity index (χ2v) is 5.85. The van der Waals surface area contributed by atoms with Gasteiger partial charge in [0.05, 0.1) is 23.5 Å². The third kappa shape index (κ3) is 4.96. The Morgan fingerprint density at radius 1 is 1.30 bits per heavy atom. The van der Waals surface area contributed by atoms with E-state index in [4.69, 9.17) is 0 Å². The Hall–Kier alpha value is -2.61. The zero-order chi connectivity index (χ0) is 16.8. The second kappa shape index (κ2) is 7.59. The molecule has 0 aliphatic rings. The summed E-state index contributed by atoms with van der Waals surface area (Å²) in [6, 6.07) is 3.54. The molecule has 8 heteroatoms. The number of Topliss-reactive ketones (excluding diaryl/α,β-unsaturated/α-hetero) is 1. The van der Waals surface area contributed by atoms with Gasteiger partial charge in [0, 0.05) is 19.3 Å². The number of carbonyl (C=O) groups excluding carboxylic acids is 3. The number of thiazole rings is 1. The van der Waals surface area contributed by atoms with Crippen LogP contribution in [0.2, 0.25) is 0 Å². The first-order valence-corrected chi connectivity index (χ1v) is 7.71. The van der Waals surface area contributed by atoms with E-state index in [1.54, 1.807) is 31.5 Å². The van der Waals surface area contributed by atoms with Crippen LogP contribution in [0.5, 0.6) is 0 Å². The van der Waals surface area contributed by atoms with Gasteiger partial charge in [0.1, 0.15) is 0 Å². The molecule has 2 rings (SSSR count). The van der Waals surface area contributed by atoms with Crippen LogP contribution in [0.3, 0.4) is 0 Å². The van der Waals surface area contributed by atoms with E-state index in [0.29, 0.717) is 15.7 Å². The lowest BCUT2D eigenvalue weighted by Crippen LogP contribution is -2.30. The van der Waals surface area contributed by atoms with Crippen molar-refractivity contribution < 1.29 is 14.4 Å². The van der Waals surface area contributed by atoms with Crippen LogP contribution in [0.25, 0.3) is 0 Å². The van der Waals surface area contributed by atoms with Crippen LogP contribution in [0.1, 0.15) is 27.9 Å². The molecule has 120 valence electrons. The molecule has 0 radical (unpaired) electrons. The Bertz CT molecular complexity index is 728. The smallest absolute Gasteiger partial charge is 0.224 e. The van der Waals surface area contributed by atoms with Crippen LogP contribution < -0.4 is 10.6 Å². The Morgan fingerprint density at radius 2 is 2.09 bits per heavy atom. The summed E-state index contributed by atoms with van der Waals surface area (Å²) in [7, 11) is 0. The highest BCUT2D eigenvalue weighted by Crippen LogP contribution is 2.22. The van der Waals surface area contributed by atoms with E-state index in [9.17, 15) is 14.4 Å². The standard InChI is InChI=1S/C15H16N4O3S/c1-9-14(23-15(18-9)19-10(2)20)12(21)8-17-13(22)6-11-4-3-5-16-7-11/h3-5,7H,6,8H2,1-2H3,(H,17,22)(H,18,19,20). The lowest BCUT2D eigenvalue weighted by molar-refractivity contribution is -0.120. The van der Waals surface area contributed by atoms with E-state index >= 15 is 0 Å². The minimum Gasteiger partial charge on any atom is -0.348 e. The Morgan fingerprint density at radius 3 is 2.74 bits per heavy atom. The van der Waals surface area contributed by atoms with E-state index in [-0.39, 0.29) is 30.6 Å². The quantitative estimate of drug-likeness (QED) is 0.778. The summed E-state index contributed by atoms with van der Waals surface area (Å²) in [5.41, 5.74) is 1.31. The fourth-order valence-corrected chi connectivity index (χ4v) is 2.82.